The maximum Gasteiger partial charge on any atom is 0.270 e. The van der Waals surface area contributed by atoms with Crippen LogP contribution in [-0.4, -0.2) is 40.5 Å². The van der Waals surface area contributed by atoms with Crippen LogP contribution in [0.3, 0.4) is 0 Å². The molecule has 2 rings (SSSR count). The molecule has 1 aromatic carbocycles. The van der Waals surface area contributed by atoms with Crippen molar-refractivity contribution in [3.8, 4) is 0 Å². The van der Waals surface area contributed by atoms with E-state index in [2.05, 4.69) is 0 Å². The molecule has 0 atom stereocenters. The van der Waals surface area contributed by atoms with Crippen LogP contribution in [0.25, 0.3) is 0 Å². The van der Waals surface area contributed by atoms with Crippen molar-refractivity contribution in [2.45, 2.75) is 12.8 Å². The topological polar surface area (TPSA) is 110 Å². The van der Waals surface area contributed by atoms with Gasteiger partial charge >= 0.3 is 0 Å². The average molecular weight is 279 g/mol. The summed E-state index contributed by atoms with van der Waals surface area (Å²) in [5, 5.41) is 19.8. The molecule has 0 aliphatic carbocycles. The molecule has 1 heterocycles. The maximum absolute atomic E-state index is 12.4. The van der Waals surface area contributed by atoms with E-state index in [1.54, 1.807) is 4.90 Å². The smallest absolute Gasteiger partial charge is 0.270 e. The zero-order chi connectivity index (χ0) is 14.7. The number of aliphatic hydroxyl groups excluding tert-OH is 1. The van der Waals surface area contributed by atoms with Gasteiger partial charge in [-0.25, -0.2) is 0 Å². The molecule has 3 N–H and O–H groups in total. The van der Waals surface area contributed by atoms with Crippen LogP contribution in [0.5, 0.6) is 0 Å². The molecule has 0 bridgehead atoms. The minimum absolute atomic E-state index is 0.126. The average Bonchev–Trinajstić information content (AvgIpc) is 2.47. The Morgan fingerprint density at radius 3 is 2.65 bits per heavy atom. The van der Waals surface area contributed by atoms with Gasteiger partial charge in [-0.15, -0.1) is 0 Å². The van der Waals surface area contributed by atoms with E-state index in [-0.39, 0.29) is 35.4 Å². The first-order chi connectivity index (χ1) is 9.52. The molecule has 1 aromatic rings. The second-order valence-corrected chi connectivity index (χ2v) is 4.95. The third-order valence-electron chi connectivity index (χ3n) is 3.64. The number of carbonyl (C=O) groups is 1. The molecule has 1 aliphatic heterocycles. The fourth-order valence-electron chi connectivity index (χ4n) is 2.33. The molecular formula is C13H17N3O4. The Hall–Kier alpha value is -2.15. The van der Waals surface area contributed by atoms with Crippen molar-refractivity contribution in [2.75, 3.05) is 25.4 Å². The lowest BCUT2D eigenvalue weighted by molar-refractivity contribution is -0.384. The zero-order valence-corrected chi connectivity index (χ0v) is 11.0. The van der Waals surface area contributed by atoms with E-state index in [4.69, 9.17) is 10.8 Å². The molecule has 7 heteroatoms. The monoisotopic (exact) mass is 279 g/mol. The lowest BCUT2D eigenvalue weighted by Gasteiger charge is -2.31. The summed E-state index contributed by atoms with van der Waals surface area (Å²) in [6.07, 6.45) is 1.47. The van der Waals surface area contributed by atoms with Crippen molar-refractivity contribution >= 4 is 17.3 Å². The molecule has 0 aromatic heterocycles. The second kappa shape index (κ2) is 5.87. The van der Waals surface area contributed by atoms with E-state index in [1.807, 2.05) is 0 Å². The fourth-order valence-corrected chi connectivity index (χ4v) is 2.33. The van der Waals surface area contributed by atoms with Gasteiger partial charge in [0.1, 0.15) is 0 Å². The first-order valence-corrected chi connectivity index (χ1v) is 6.47. The molecule has 0 spiro atoms. The molecule has 7 nitrogen and oxygen atoms in total. The van der Waals surface area contributed by atoms with Crippen LogP contribution in [0.4, 0.5) is 11.4 Å². The molecule has 108 valence electrons. The van der Waals surface area contributed by atoms with Crippen LogP contribution in [-0.2, 0) is 0 Å². The zero-order valence-electron chi connectivity index (χ0n) is 11.0. The van der Waals surface area contributed by atoms with Gasteiger partial charge in [-0.2, -0.15) is 0 Å². The molecule has 0 saturated carbocycles. The standard InChI is InChI=1S/C13H17N3O4/c14-12-2-1-10(16(19)20)7-11(12)13(18)15-5-3-9(8-17)4-6-15/h1-2,7,9,17H,3-6,8,14H2. The van der Waals surface area contributed by atoms with Gasteiger partial charge in [0.05, 0.1) is 10.5 Å². The normalized spacial score (nSPS) is 16.1. The predicted octanol–water partition coefficient (Wildman–Crippen LogP) is 1.02. The Morgan fingerprint density at radius 2 is 2.10 bits per heavy atom. The third-order valence-corrected chi connectivity index (χ3v) is 3.64. The van der Waals surface area contributed by atoms with Gasteiger partial charge in [0, 0.05) is 37.5 Å². The summed E-state index contributed by atoms with van der Waals surface area (Å²) in [6, 6.07) is 3.88. The Kier molecular flexibility index (Phi) is 4.19. The molecule has 0 radical (unpaired) electrons. The Bertz CT molecular complexity index is 524. The first-order valence-electron chi connectivity index (χ1n) is 6.47. The Labute approximate surface area is 116 Å². The summed E-state index contributed by atoms with van der Waals surface area (Å²) in [5.74, 6) is -0.0657. The third kappa shape index (κ3) is 2.88. The second-order valence-electron chi connectivity index (χ2n) is 4.95. The van der Waals surface area contributed by atoms with Gasteiger partial charge in [-0.1, -0.05) is 0 Å². The van der Waals surface area contributed by atoms with Gasteiger partial charge in [-0.3, -0.25) is 14.9 Å². The summed E-state index contributed by atoms with van der Waals surface area (Å²) in [5.41, 5.74) is 6.00. The van der Waals surface area contributed by atoms with Crippen molar-refractivity contribution < 1.29 is 14.8 Å². The number of nitro groups is 1. The van der Waals surface area contributed by atoms with Crippen molar-refractivity contribution in [1.29, 1.82) is 0 Å². The number of nitrogens with zero attached hydrogens (tertiary/aromatic N) is 2. The van der Waals surface area contributed by atoms with E-state index in [0.717, 1.165) is 12.8 Å². The number of nitro benzene ring substituents is 1. The van der Waals surface area contributed by atoms with E-state index in [0.29, 0.717) is 13.1 Å². The SMILES string of the molecule is Nc1ccc([N+](=O)[O-])cc1C(=O)N1CCC(CO)CC1. The number of piperidine rings is 1. The van der Waals surface area contributed by atoms with Gasteiger partial charge in [0.15, 0.2) is 0 Å². The number of anilines is 1. The van der Waals surface area contributed by atoms with Crippen LogP contribution in [0.15, 0.2) is 18.2 Å². The van der Waals surface area contributed by atoms with E-state index in [1.165, 1.54) is 18.2 Å². The van der Waals surface area contributed by atoms with Gasteiger partial charge in [-0.05, 0) is 24.8 Å². The predicted molar refractivity (Wildman–Crippen MR) is 73.2 cm³/mol. The first kappa shape index (κ1) is 14.3. The number of non-ortho nitro benzene ring substituents is 1. The van der Waals surface area contributed by atoms with Crippen LogP contribution < -0.4 is 5.73 Å². The van der Waals surface area contributed by atoms with E-state index < -0.39 is 4.92 Å². The molecular weight excluding hydrogens is 262 g/mol. The lowest BCUT2D eigenvalue weighted by Crippen LogP contribution is -2.39. The number of nitrogens with two attached hydrogens (primary N) is 1. The number of likely N-dealkylation sites (tertiary alicyclic amines) is 1. The summed E-state index contributed by atoms with van der Waals surface area (Å²) >= 11 is 0. The number of hydrogen-bond acceptors (Lipinski definition) is 5. The highest BCUT2D eigenvalue weighted by atomic mass is 16.6. The minimum atomic E-state index is -0.547. The summed E-state index contributed by atoms with van der Waals surface area (Å²) in [4.78, 5) is 24.2. The highest BCUT2D eigenvalue weighted by Crippen LogP contribution is 2.24. The number of nitrogen functional groups attached to an aromatic ring is 1. The van der Waals surface area contributed by atoms with Crippen molar-refractivity contribution in [3.63, 3.8) is 0 Å². The van der Waals surface area contributed by atoms with Crippen LogP contribution in [0.2, 0.25) is 0 Å². The molecule has 1 amide bonds. The van der Waals surface area contributed by atoms with Crippen LogP contribution in [0.1, 0.15) is 23.2 Å². The number of carbonyl (C=O) groups excluding carboxylic acids is 1. The van der Waals surface area contributed by atoms with Gasteiger partial charge in [0.25, 0.3) is 11.6 Å². The molecule has 0 unspecified atom stereocenters. The molecule has 1 fully saturated rings. The number of benzene rings is 1. The summed E-state index contributed by atoms with van der Waals surface area (Å²) in [6.45, 7) is 1.19. The molecule has 1 aliphatic rings. The van der Waals surface area contributed by atoms with Crippen LogP contribution >= 0.6 is 0 Å². The minimum Gasteiger partial charge on any atom is -0.398 e. The summed E-state index contributed by atoms with van der Waals surface area (Å²) in [7, 11) is 0. The molecule has 1 saturated heterocycles. The van der Waals surface area contributed by atoms with Gasteiger partial charge in [0.2, 0.25) is 0 Å². The summed E-state index contributed by atoms with van der Waals surface area (Å²) < 4.78 is 0. The van der Waals surface area contributed by atoms with Gasteiger partial charge < -0.3 is 15.7 Å². The number of amides is 1. The highest BCUT2D eigenvalue weighted by molar-refractivity contribution is 5.99. The van der Waals surface area contributed by atoms with Crippen molar-refractivity contribution in [3.05, 3.63) is 33.9 Å². The van der Waals surface area contributed by atoms with Crippen molar-refractivity contribution in [2.24, 2.45) is 5.92 Å². The number of hydrogen-bond donors (Lipinski definition) is 2. The maximum atomic E-state index is 12.4. The van der Waals surface area contributed by atoms with Crippen LogP contribution in [0, 0.1) is 16.0 Å². The Balaban J connectivity index is 2.17. The van der Waals surface area contributed by atoms with Crippen molar-refractivity contribution in [1.82, 2.24) is 4.90 Å². The fraction of sp³-hybridized carbons (Fsp3) is 0.462. The lowest BCUT2D eigenvalue weighted by atomic mass is 9.97. The quantitative estimate of drug-likeness (QED) is 0.487. The van der Waals surface area contributed by atoms with E-state index in [9.17, 15) is 14.9 Å². The largest absolute Gasteiger partial charge is 0.398 e. The number of aliphatic hydroxyl groups is 1. The number of rotatable bonds is 3. The molecule has 20 heavy (non-hydrogen) atoms. The van der Waals surface area contributed by atoms with E-state index >= 15 is 0 Å². The highest BCUT2D eigenvalue weighted by Gasteiger charge is 2.25. The Morgan fingerprint density at radius 1 is 1.45 bits per heavy atom.